The van der Waals surface area contributed by atoms with E-state index in [1.54, 1.807) is 12.7 Å². The van der Waals surface area contributed by atoms with E-state index in [2.05, 4.69) is 47.2 Å². The van der Waals surface area contributed by atoms with Crippen molar-refractivity contribution >= 4 is 49.1 Å². The summed E-state index contributed by atoms with van der Waals surface area (Å²) in [7, 11) is 0. The molecule has 2 aromatic carbocycles. The number of fused-ring (bicyclic) bond motifs is 2. The molecule has 0 atom stereocenters. The summed E-state index contributed by atoms with van der Waals surface area (Å²) in [6, 6.07) is 15.8. The minimum absolute atomic E-state index is 0.998. The SMILES string of the molecule is [Se]=[Se].c1ccc2ncncc2c1.c1ccc2ncncc2c1. The summed E-state index contributed by atoms with van der Waals surface area (Å²) < 4.78 is 0. The summed E-state index contributed by atoms with van der Waals surface area (Å²) in [4.78, 5) is 15.9. The van der Waals surface area contributed by atoms with E-state index < -0.39 is 0 Å². The van der Waals surface area contributed by atoms with E-state index in [4.69, 9.17) is 0 Å². The molecule has 0 spiro atoms. The van der Waals surface area contributed by atoms with Gasteiger partial charge in [0.25, 0.3) is 0 Å². The van der Waals surface area contributed by atoms with Crippen molar-refractivity contribution in [2.45, 2.75) is 0 Å². The third-order valence-electron chi connectivity index (χ3n) is 2.83. The Morgan fingerprint density at radius 2 is 1.00 bits per heavy atom. The summed E-state index contributed by atoms with van der Waals surface area (Å²) in [6.07, 6.45) is 6.73. The second-order valence-corrected chi connectivity index (χ2v) is 4.16. The molecule has 0 bridgehead atoms. The largest absolute Gasteiger partial charge is 0.244 e. The molecule has 0 fully saturated rings. The summed E-state index contributed by atoms with van der Waals surface area (Å²) in [5, 5.41) is 2.18. The molecule has 0 N–H and O–H groups in total. The van der Waals surface area contributed by atoms with Crippen LogP contribution in [0.1, 0.15) is 0 Å². The molecule has 2 heterocycles. The average Bonchev–Trinajstić information content (AvgIpc) is 2.64. The normalized spacial score (nSPS) is 9.27. The van der Waals surface area contributed by atoms with Crippen molar-refractivity contribution in [2.24, 2.45) is 0 Å². The zero-order valence-corrected chi connectivity index (χ0v) is 15.0. The van der Waals surface area contributed by atoms with Crippen LogP contribution in [0.5, 0.6) is 0 Å². The minimum Gasteiger partial charge on any atom is -0.244 e. The maximum Gasteiger partial charge on any atom is 0.116 e. The monoisotopic (exact) mass is 420 g/mol. The van der Waals surface area contributed by atoms with Gasteiger partial charge in [-0.3, -0.25) is 0 Å². The van der Waals surface area contributed by atoms with Crippen molar-refractivity contribution < 1.29 is 0 Å². The molecule has 0 amide bonds. The van der Waals surface area contributed by atoms with Gasteiger partial charge in [0.1, 0.15) is 12.7 Å². The van der Waals surface area contributed by atoms with Gasteiger partial charge in [0, 0.05) is 23.2 Å². The Morgan fingerprint density at radius 3 is 1.41 bits per heavy atom. The Labute approximate surface area is 142 Å². The van der Waals surface area contributed by atoms with E-state index in [0.29, 0.717) is 0 Å². The standard InChI is InChI=1S/2C8H6N2.Se2/c2*1-2-4-8-7(3-1)5-9-6-10-8;1-2/h2*1-6H;. The number of benzene rings is 2. The number of aromatic nitrogens is 4. The maximum atomic E-state index is 4.07. The first kappa shape index (κ1) is 16.5. The van der Waals surface area contributed by atoms with Crippen molar-refractivity contribution in [3.05, 3.63) is 73.6 Å². The second-order valence-electron chi connectivity index (χ2n) is 4.16. The molecule has 0 radical (unpaired) electrons. The summed E-state index contributed by atoms with van der Waals surface area (Å²) in [6.45, 7) is 0. The molecule has 108 valence electrons. The van der Waals surface area contributed by atoms with Crippen LogP contribution in [0.3, 0.4) is 0 Å². The first-order valence-corrected chi connectivity index (χ1v) is 10.7. The van der Waals surface area contributed by atoms with Crippen LogP contribution in [0.15, 0.2) is 73.6 Å². The van der Waals surface area contributed by atoms with Crippen LogP contribution in [0.2, 0.25) is 0 Å². The topological polar surface area (TPSA) is 51.6 Å². The molecule has 0 saturated heterocycles. The van der Waals surface area contributed by atoms with Crippen LogP contribution in [0, 0.1) is 0 Å². The van der Waals surface area contributed by atoms with Crippen LogP contribution in [0.25, 0.3) is 21.8 Å². The molecule has 0 aliphatic heterocycles. The Hall–Kier alpha value is -1.84. The zero-order valence-electron chi connectivity index (χ0n) is 11.5. The Balaban J connectivity index is 0.000000144. The van der Waals surface area contributed by atoms with Crippen molar-refractivity contribution in [2.75, 3.05) is 0 Å². The van der Waals surface area contributed by atoms with Crippen LogP contribution in [-0.2, 0) is 0 Å². The van der Waals surface area contributed by atoms with Gasteiger partial charge >= 0.3 is 27.3 Å². The molecule has 6 heteroatoms. The Morgan fingerprint density at radius 1 is 0.591 bits per heavy atom. The minimum atomic E-state index is 0.998. The maximum absolute atomic E-state index is 4.07. The second kappa shape index (κ2) is 9.23. The third kappa shape index (κ3) is 4.58. The van der Waals surface area contributed by atoms with E-state index >= 15 is 0 Å². The van der Waals surface area contributed by atoms with Gasteiger partial charge in [-0.2, -0.15) is 0 Å². The van der Waals surface area contributed by atoms with Gasteiger partial charge in [-0.25, -0.2) is 19.9 Å². The molecule has 0 unspecified atom stereocenters. The predicted octanol–water partition coefficient (Wildman–Crippen LogP) is 2.50. The number of nitrogens with zero attached hydrogens (tertiary/aromatic N) is 4. The number of para-hydroxylation sites is 2. The van der Waals surface area contributed by atoms with E-state index in [1.165, 1.54) is 0 Å². The molecule has 0 aliphatic rings. The molecule has 22 heavy (non-hydrogen) atoms. The number of hydrogen-bond acceptors (Lipinski definition) is 4. The first-order valence-electron chi connectivity index (χ1n) is 6.40. The van der Waals surface area contributed by atoms with Gasteiger partial charge in [-0.15, -0.1) is 0 Å². The summed E-state index contributed by atoms with van der Waals surface area (Å²) in [5.41, 5.74) is 2.00. The number of hydrogen-bond donors (Lipinski definition) is 0. The van der Waals surface area contributed by atoms with Crippen LogP contribution in [-0.4, -0.2) is 47.2 Å². The molecule has 4 rings (SSSR count). The summed E-state index contributed by atoms with van der Waals surface area (Å²) in [5.74, 6) is 0. The molecular weight excluding hydrogens is 406 g/mol. The summed E-state index contributed by atoms with van der Waals surface area (Å²) >= 11 is 5.00. The quantitative estimate of drug-likeness (QED) is 0.412. The van der Waals surface area contributed by atoms with Crippen molar-refractivity contribution in [1.82, 2.24) is 19.9 Å². The van der Waals surface area contributed by atoms with E-state index in [-0.39, 0.29) is 0 Å². The molecule has 4 aromatic rings. The molecule has 2 aromatic heterocycles. The van der Waals surface area contributed by atoms with E-state index in [1.807, 2.05) is 60.9 Å². The van der Waals surface area contributed by atoms with Crippen molar-refractivity contribution in [3.8, 4) is 0 Å². The van der Waals surface area contributed by atoms with Gasteiger partial charge in [0.15, 0.2) is 0 Å². The van der Waals surface area contributed by atoms with Crippen molar-refractivity contribution in [1.29, 1.82) is 0 Å². The molecule has 0 saturated carbocycles. The van der Waals surface area contributed by atoms with E-state index in [0.717, 1.165) is 21.8 Å². The van der Waals surface area contributed by atoms with Gasteiger partial charge in [-0.05, 0) is 12.1 Å². The van der Waals surface area contributed by atoms with Gasteiger partial charge in [0.05, 0.1) is 11.0 Å². The Bertz CT molecular complexity index is 653. The fourth-order valence-electron chi connectivity index (χ4n) is 1.85. The smallest absolute Gasteiger partial charge is 0.116 e. The van der Waals surface area contributed by atoms with Crippen LogP contribution >= 0.6 is 0 Å². The molecular formula is C16H12N4Se2. The van der Waals surface area contributed by atoms with Crippen molar-refractivity contribution in [3.63, 3.8) is 0 Å². The zero-order chi connectivity index (χ0) is 15.6. The van der Waals surface area contributed by atoms with Gasteiger partial charge < -0.3 is 0 Å². The van der Waals surface area contributed by atoms with Gasteiger partial charge in [-0.1, -0.05) is 36.4 Å². The van der Waals surface area contributed by atoms with E-state index in [9.17, 15) is 0 Å². The Kier molecular flexibility index (Phi) is 6.94. The molecule has 4 nitrogen and oxygen atoms in total. The molecule has 0 aliphatic carbocycles. The van der Waals surface area contributed by atoms with Crippen LogP contribution < -0.4 is 0 Å². The fraction of sp³-hybridized carbons (Fsp3) is 0. The third-order valence-corrected chi connectivity index (χ3v) is 2.83. The fourth-order valence-corrected chi connectivity index (χ4v) is 1.85. The van der Waals surface area contributed by atoms with Gasteiger partial charge in [0.2, 0.25) is 0 Å². The number of rotatable bonds is 0. The predicted molar refractivity (Wildman–Crippen MR) is 90.6 cm³/mol. The first-order chi connectivity index (χ1) is 10.9. The van der Waals surface area contributed by atoms with Crippen LogP contribution in [0.4, 0.5) is 0 Å². The average molecular weight is 418 g/mol.